The highest BCUT2D eigenvalue weighted by atomic mass is 16.4. The molecule has 34 heavy (non-hydrogen) atoms. The number of aliphatic carboxylic acids is 1. The number of nitrogens with one attached hydrogen (secondary N) is 1. The van der Waals surface area contributed by atoms with E-state index in [1.54, 1.807) is 24.3 Å². The topological polar surface area (TPSA) is 119 Å². The number of rotatable bonds is 17. The summed E-state index contributed by atoms with van der Waals surface area (Å²) in [5.41, 5.74) is 4.70. The minimum absolute atomic E-state index is 0.211. The van der Waals surface area contributed by atoms with Gasteiger partial charge in [-0.15, -0.1) is 0 Å². The molecule has 7 heteroatoms. The van der Waals surface area contributed by atoms with E-state index < -0.39 is 18.0 Å². The number of hydrazone groups is 1. The molecule has 2 atom stereocenters. The Balaban J connectivity index is 2.05. The van der Waals surface area contributed by atoms with E-state index in [0.717, 1.165) is 75.6 Å². The lowest BCUT2D eigenvalue weighted by molar-refractivity contribution is -0.137. The van der Waals surface area contributed by atoms with Crippen molar-refractivity contribution in [3.05, 3.63) is 29.8 Å². The molecule has 0 saturated heterocycles. The van der Waals surface area contributed by atoms with Crippen molar-refractivity contribution in [2.45, 2.75) is 109 Å². The number of aliphatic hydroxyl groups is 1. The highest BCUT2D eigenvalue weighted by Gasteiger charge is 2.45. The fourth-order valence-corrected chi connectivity index (χ4v) is 5.03. The van der Waals surface area contributed by atoms with Crippen LogP contribution in [0.15, 0.2) is 29.4 Å². The Hall–Kier alpha value is -2.41. The smallest absolute Gasteiger partial charge is 0.335 e. The third kappa shape index (κ3) is 8.75. The molecule has 1 aliphatic carbocycles. The van der Waals surface area contributed by atoms with Crippen LogP contribution in [0.5, 0.6) is 0 Å². The van der Waals surface area contributed by atoms with E-state index in [1.807, 2.05) is 0 Å². The normalized spacial score (nSPS) is 19.9. The number of anilines is 1. The van der Waals surface area contributed by atoms with Gasteiger partial charge in [-0.2, -0.15) is 5.10 Å². The fourth-order valence-electron chi connectivity index (χ4n) is 5.03. The van der Waals surface area contributed by atoms with Crippen LogP contribution in [-0.4, -0.2) is 39.1 Å². The van der Waals surface area contributed by atoms with Crippen molar-refractivity contribution in [3.63, 3.8) is 0 Å². The van der Waals surface area contributed by atoms with E-state index in [9.17, 15) is 14.7 Å². The molecule has 0 heterocycles. The van der Waals surface area contributed by atoms with Gasteiger partial charge in [-0.1, -0.05) is 58.3 Å². The molecule has 0 aliphatic heterocycles. The van der Waals surface area contributed by atoms with Crippen LogP contribution in [0, 0.1) is 5.41 Å². The Bertz CT molecular complexity index is 793. The first kappa shape index (κ1) is 27.8. The van der Waals surface area contributed by atoms with Gasteiger partial charge in [0.15, 0.2) is 0 Å². The van der Waals surface area contributed by atoms with Crippen molar-refractivity contribution in [1.82, 2.24) is 0 Å². The summed E-state index contributed by atoms with van der Waals surface area (Å²) < 4.78 is 0. The summed E-state index contributed by atoms with van der Waals surface area (Å²) in [5, 5.41) is 34.0. The number of benzene rings is 1. The van der Waals surface area contributed by atoms with E-state index in [-0.39, 0.29) is 17.4 Å². The number of hydrogen-bond acceptors (Lipinski definition) is 5. The lowest BCUT2D eigenvalue weighted by Crippen LogP contribution is -2.39. The van der Waals surface area contributed by atoms with Gasteiger partial charge < -0.3 is 15.3 Å². The monoisotopic (exact) mass is 474 g/mol. The van der Waals surface area contributed by atoms with Crippen LogP contribution in [0.25, 0.3) is 0 Å². The largest absolute Gasteiger partial charge is 0.481 e. The van der Waals surface area contributed by atoms with Crippen LogP contribution < -0.4 is 5.43 Å². The summed E-state index contributed by atoms with van der Waals surface area (Å²) in [6.07, 6.45) is 13.4. The molecule has 0 aromatic heterocycles. The fraction of sp³-hybridized carbons (Fsp3) is 0.667. The second kappa shape index (κ2) is 14.8. The molecule has 0 amide bonds. The first-order chi connectivity index (χ1) is 16.4. The van der Waals surface area contributed by atoms with Crippen molar-refractivity contribution in [2.24, 2.45) is 10.5 Å². The lowest BCUT2D eigenvalue weighted by atomic mass is 9.73. The molecular weight excluding hydrogens is 432 g/mol. The number of nitrogens with zero attached hydrogens (tertiary/aromatic N) is 1. The number of aromatic carboxylic acids is 1. The van der Waals surface area contributed by atoms with Gasteiger partial charge in [0.25, 0.3) is 0 Å². The maximum Gasteiger partial charge on any atom is 0.335 e. The Kier molecular flexibility index (Phi) is 12.1. The first-order valence-electron chi connectivity index (χ1n) is 13.0. The Labute approximate surface area is 203 Å². The number of carboxylic acid groups (broad SMARTS) is 2. The molecule has 0 radical (unpaired) electrons. The SMILES string of the molecule is CCCCCCCC(O)C1(CCCCCCC(=O)O)CCCC1=NNc1ccc(C(=O)O)cc1. The van der Waals surface area contributed by atoms with Crippen molar-refractivity contribution in [2.75, 3.05) is 5.43 Å². The number of unbranched alkanes of at least 4 members (excludes halogenated alkanes) is 7. The number of carbonyl (C=O) groups is 2. The average molecular weight is 475 g/mol. The quantitative estimate of drug-likeness (QED) is 0.152. The van der Waals surface area contributed by atoms with Gasteiger partial charge in [0.05, 0.1) is 17.4 Å². The van der Waals surface area contributed by atoms with Gasteiger partial charge in [-0.3, -0.25) is 10.2 Å². The molecule has 1 aromatic carbocycles. The predicted molar refractivity (Wildman–Crippen MR) is 135 cm³/mol. The molecular formula is C27H42N2O5. The van der Waals surface area contributed by atoms with Crippen LogP contribution in [0.1, 0.15) is 114 Å². The highest BCUT2D eigenvalue weighted by Crippen LogP contribution is 2.45. The minimum atomic E-state index is -0.960. The summed E-state index contributed by atoms with van der Waals surface area (Å²) in [6, 6.07) is 6.51. The van der Waals surface area contributed by atoms with Crippen LogP contribution in [0.2, 0.25) is 0 Å². The summed E-state index contributed by atoms with van der Waals surface area (Å²) in [4.78, 5) is 21.8. The highest BCUT2D eigenvalue weighted by molar-refractivity contribution is 5.93. The van der Waals surface area contributed by atoms with Gasteiger partial charge in [0.2, 0.25) is 0 Å². The van der Waals surface area contributed by atoms with E-state index in [2.05, 4.69) is 12.3 Å². The third-order valence-electron chi connectivity index (χ3n) is 7.05. The van der Waals surface area contributed by atoms with Crippen LogP contribution in [0.4, 0.5) is 5.69 Å². The van der Waals surface area contributed by atoms with Crippen molar-refractivity contribution in [3.8, 4) is 0 Å². The molecule has 7 nitrogen and oxygen atoms in total. The minimum Gasteiger partial charge on any atom is -0.481 e. The predicted octanol–water partition coefficient (Wildman–Crippen LogP) is 6.47. The van der Waals surface area contributed by atoms with E-state index in [1.165, 1.54) is 19.3 Å². The molecule has 1 fully saturated rings. The van der Waals surface area contributed by atoms with E-state index >= 15 is 0 Å². The second-order valence-corrected chi connectivity index (χ2v) is 9.59. The Morgan fingerprint density at radius 1 is 1.00 bits per heavy atom. The zero-order chi connectivity index (χ0) is 24.8. The summed E-state index contributed by atoms with van der Waals surface area (Å²) in [6.45, 7) is 2.20. The maximum absolute atomic E-state index is 11.3. The molecule has 0 spiro atoms. The first-order valence-corrected chi connectivity index (χ1v) is 13.0. The molecule has 1 aromatic rings. The third-order valence-corrected chi connectivity index (χ3v) is 7.05. The van der Waals surface area contributed by atoms with Crippen molar-refractivity contribution >= 4 is 23.3 Å². The summed E-state index contributed by atoms with van der Waals surface area (Å²) in [5.74, 6) is -1.71. The average Bonchev–Trinajstić information content (AvgIpc) is 3.23. The van der Waals surface area contributed by atoms with Crippen LogP contribution in [-0.2, 0) is 4.79 Å². The zero-order valence-electron chi connectivity index (χ0n) is 20.6. The zero-order valence-corrected chi connectivity index (χ0v) is 20.6. The molecule has 1 saturated carbocycles. The van der Waals surface area contributed by atoms with Gasteiger partial charge in [-0.05, 0) is 62.8 Å². The van der Waals surface area contributed by atoms with Crippen LogP contribution >= 0.6 is 0 Å². The van der Waals surface area contributed by atoms with Gasteiger partial charge in [-0.25, -0.2) is 4.79 Å². The molecule has 0 bridgehead atoms. The van der Waals surface area contributed by atoms with Gasteiger partial charge >= 0.3 is 11.9 Å². The Morgan fingerprint density at radius 3 is 2.35 bits per heavy atom. The lowest BCUT2D eigenvalue weighted by Gasteiger charge is -2.35. The Morgan fingerprint density at radius 2 is 1.68 bits per heavy atom. The molecule has 2 unspecified atom stereocenters. The summed E-state index contributed by atoms with van der Waals surface area (Å²) in [7, 11) is 0. The van der Waals surface area contributed by atoms with E-state index in [0.29, 0.717) is 6.42 Å². The molecule has 1 aliphatic rings. The van der Waals surface area contributed by atoms with Crippen molar-refractivity contribution < 1.29 is 24.9 Å². The number of hydrogen-bond donors (Lipinski definition) is 4. The van der Waals surface area contributed by atoms with Crippen LogP contribution in [0.3, 0.4) is 0 Å². The van der Waals surface area contributed by atoms with E-state index in [4.69, 9.17) is 15.3 Å². The van der Waals surface area contributed by atoms with Crippen molar-refractivity contribution in [1.29, 1.82) is 0 Å². The number of carboxylic acids is 2. The number of aliphatic hydroxyl groups excluding tert-OH is 1. The molecule has 190 valence electrons. The summed E-state index contributed by atoms with van der Waals surface area (Å²) >= 11 is 0. The molecule has 2 rings (SSSR count). The van der Waals surface area contributed by atoms with Gasteiger partial charge in [0, 0.05) is 17.5 Å². The molecule has 4 N–H and O–H groups in total. The standard InChI is InChI=1S/C27H42N2O5/c1-2-3-4-5-8-13-24(30)27(19-10-7-6-9-14-25(31)32)20-11-12-23(27)29-28-22-17-15-21(16-18-22)26(33)34/h15-18,24,28,30H,2-14,19-20H2,1H3,(H,31,32)(H,33,34). The second-order valence-electron chi connectivity index (χ2n) is 9.59. The maximum atomic E-state index is 11.3. The van der Waals surface area contributed by atoms with Gasteiger partial charge in [0.1, 0.15) is 0 Å².